The number of carbonyl (C=O) groups is 2. The molecule has 0 saturated carbocycles. The van der Waals surface area contributed by atoms with Gasteiger partial charge in [0.15, 0.2) is 8.32 Å². The van der Waals surface area contributed by atoms with Crippen LogP contribution in [0.4, 0.5) is 5.69 Å². The first kappa shape index (κ1) is 27.7. The Morgan fingerprint density at radius 1 is 1.22 bits per heavy atom. The van der Waals surface area contributed by atoms with E-state index >= 15 is 0 Å². The van der Waals surface area contributed by atoms with Gasteiger partial charge in [-0.25, -0.2) is 0 Å². The number of ether oxygens (including phenoxy) is 3. The molecule has 0 fully saturated rings. The summed E-state index contributed by atoms with van der Waals surface area (Å²) in [7, 11) is -1.92. The van der Waals surface area contributed by atoms with Gasteiger partial charge in [0.1, 0.15) is 11.5 Å². The van der Waals surface area contributed by atoms with Gasteiger partial charge in [0.2, 0.25) is 12.2 Å². The van der Waals surface area contributed by atoms with E-state index in [0.717, 1.165) is 0 Å². The van der Waals surface area contributed by atoms with Crippen LogP contribution in [0.2, 0.25) is 18.1 Å². The van der Waals surface area contributed by atoms with Gasteiger partial charge in [-0.2, -0.15) is 0 Å². The summed E-state index contributed by atoms with van der Waals surface area (Å²) in [6, 6.07) is 5.14. The minimum absolute atomic E-state index is 0.0567. The molecule has 0 aliphatic carbocycles. The Kier molecular flexibility index (Phi) is 10.4. The first-order valence-electron chi connectivity index (χ1n) is 11.0. The molecule has 0 aromatic heterocycles. The van der Waals surface area contributed by atoms with Crippen LogP contribution in [0.5, 0.6) is 5.75 Å². The first-order chi connectivity index (χ1) is 14.8. The summed E-state index contributed by atoms with van der Waals surface area (Å²) in [5.74, 6) is 0.567. The van der Waals surface area contributed by atoms with Crippen LogP contribution in [0.25, 0.3) is 0 Å². The van der Waals surface area contributed by atoms with Crippen molar-refractivity contribution in [2.45, 2.75) is 79.3 Å². The van der Waals surface area contributed by atoms with Crippen LogP contribution < -0.4 is 10.1 Å². The predicted molar refractivity (Wildman–Crippen MR) is 129 cm³/mol. The van der Waals surface area contributed by atoms with Crippen molar-refractivity contribution in [3.63, 3.8) is 0 Å². The Bertz CT molecular complexity index is 813. The van der Waals surface area contributed by atoms with Gasteiger partial charge in [0.05, 0.1) is 19.6 Å². The van der Waals surface area contributed by atoms with Gasteiger partial charge >= 0.3 is 5.97 Å². The zero-order chi connectivity index (χ0) is 24.5. The van der Waals surface area contributed by atoms with Crippen molar-refractivity contribution in [3.8, 4) is 5.75 Å². The zero-order valence-electron chi connectivity index (χ0n) is 21.0. The first-order valence-corrected chi connectivity index (χ1v) is 13.9. The summed E-state index contributed by atoms with van der Waals surface area (Å²) in [5.41, 5.74) is 1.22. The molecule has 1 N–H and O–H groups in total. The number of esters is 1. The minimum Gasteiger partial charge on any atom is -0.466 e. The second-order valence-corrected chi connectivity index (χ2v) is 13.9. The maximum absolute atomic E-state index is 12.0. The Balaban J connectivity index is 2.94. The minimum atomic E-state index is -1.92. The van der Waals surface area contributed by atoms with Crippen molar-refractivity contribution in [2.24, 2.45) is 0 Å². The van der Waals surface area contributed by atoms with E-state index < -0.39 is 14.6 Å². The standard InChI is InChI=1S/C24H39NO6Si/c1-10-21(16-29-32(8,9)24(5,6)7)30-18(4)31-22-15-20(25-17(3)26)13-12-19(22)14-23(27)28-11-2/h10,12-13,15,18H,11,14,16H2,1-9H3,(H,25,26)/b21-10-. The largest absolute Gasteiger partial charge is 0.466 e. The lowest BCUT2D eigenvalue weighted by molar-refractivity contribution is -0.142. The highest BCUT2D eigenvalue weighted by Crippen LogP contribution is 2.37. The molecular weight excluding hydrogens is 426 g/mol. The van der Waals surface area contributed by atoms with E-state index in [4.69, 9.17) is 18.6 Å². The van der Waals surface area contributed by atoms with E-state index in [2.05, 4.69) is 39.2 Å². The molecule has 1 unspecified atom stereocenters. The fourth-order valence-electron chi connectivity index (χ4n) is 2.53. The summed E-state index contributed by atoms with van der Waals surface area (Å²) < 4.78 is 23.3. The van der Waals surface area contributed by atoms with Gasteiger partial charge < -0.3 is 24.0 Å². The smallest absolute Gasteiger partial charge is 0.310 e. The van der Waals surface area contributed by atoms with Crippen molar-refractivity contribution < 1.29 is 28.2 Å². The van der Waals surface area contributed by atoms with Crippen LogP contribution in [0.15, 0.2) is 30.0 Å². The van der Waals surface area contributed by atoms with Gasteiger partial charge in [-0.1, -0.05) is 26.8 Å². The lowest BCUT2D eigenvalue weighted by Gasteiger charge is -2.36. The second-order valence-electron chi connectivity index (χ2n) is 9.09. The number of hydrogen-bond donors (Lipinski definition) is 1. The molecule has 180 valence electrons. The van der Waals surface area contributed by atoms with Crippen molar-refractivity contribution in [3.05, 3.63) is 35.6 Å². The summed E-state index contributed by atoms with van der Waals surface area (Å²) in [6.07, 6.45) is 1.28. The number of nitrogens with one attached hydrogen (secondary N) is 1. The SMILES string of the molecule is C/C=C(/CO[Si](C)(C)C(C)(C)C)OC(C)Oc1cc(NC(C)=O)ccc1CC(=O)OCC. The highest BCUT2D eigenvalue weighted by atomic mass is 28.4. The molecule has 0 bridgehead atoms. The summed E-state index contributed by atoms with van der Waals surface area (Å²) >= 11 is 0. The van der Waals surface area contributed by atoms with Crippen LogP contribution in [0.3, 0.4) is 0 Å². The third kappa shape index (κ3) is 9.04. The molecule has 8 heteroatoms. The number of benzene rings is 1. The van der Waals surface area contributed by atoms with E-state index in [1.165, 1.54) is 6.92 Å². The zero-order valence-corrected chi connectivity index (χ0v) is 22.0. The molecule has 7 nitrogen and oxygen atoms in total. The van der Waals surface area contributed by atoms with Crippen LogP contribution in [-0.4, -0.2) is 39.7 Å². The van der Waals surface area contributed by atoms with Crippen molar-refractivity contribution in [1.29, 1.82) is 0 Å². The van der Waals surface area contributed by atoms with Crippen LogP contribution >= 0.6 is 0 Å². The van der Waals surface area contributed by atoms with Crippen molar-refractivity contribution >= 4 is 25.9 Å². The normalized spacial score (nSPS) is 13.3. The van der Waals surface area contributed by atoms with Crippen molar-refractivity contribution in [1.82, 2.24) is 0 Å². The number of amides is 1. The Morgan fingerprint density at radius 2 is 1.88 bits per heavy atom. The van der Waals surface area contributed by atoms with E-state index in [1.54, 1.807) is 32.0 Å². The Labute approximate surface area is 193 Å². The molecule has 0 heterocycles. The predicted octanol–water partition coefficient (Wildman–Crippen LogP) is 5.42. The van der Waals surface area contributed by atoms with E-state index in [-0.39, 0.29) is 23.3 Å². The van der Waals surface area contributed by atoms with Crippen LogP contribution in [-0.2, 0) is 29.9 Å². The number of allylic oxidation sites excluding steroid dienone is 1. The van der Waals surface area contributed by atoms with E-state index in [1.807, 2.05) is 13.0 Å². The third-order valence-electron chi connectivity index (χ3n) is 5.34. The maximum atomic E-state index is 12.0. The van der Waals surface area contributed by atoms with Crippen LogP contribution in [0.1, 0.15) is 54.0 Å². The number of anilines is 1. The molecule has 0 spiro atoms. The molecule has 1 aromatic rings. The lowest BCUT2D eigenvalue weighted by Crippen LogP contribution is -2.41. The molecule has 1 aromatic carbocycles. The molecular formula is C24H39NO6Si. The van der Waals surface area contributed by atoms with Gasteiger partial charge in [-0.3, -0.25) is 9.59 Å². The molecule has 32 heavy (non-hydrogen) atoms. The lowest BCUT2D eigenvalue weighted by atomic mass is 10.1. The monoisotopic (exact) mass is 465 g/mol. The van der Waals surface area contributed by atoms with Gasteiger partial charge in [-0.15, -0.1) is 0 Å². The van der Waals surface area contributed by atoms with Gasteiger partial charge in [0, 0.05) is 31.2 Å². The highest BCUT2D eigenvalue weighted by Gasteiger charge is 2.37. The fourth-order valence-corrected chi connectivity index (χ4v) is 3.46. The van der Waals surface area contributed by atoms with Gasteiger partial charge in [0.25, 0.3) is 0 Å². The third-order valence-corrected chi connectivity index (χ3v) is 9.82. The average molecular weight is 466 g/mol. The summed E-state index contributed by atoms with van der Waals surface area (Å²) in [4.78, 5) is 23.4. The van der Waals surface area contributed by atoms with Crippen molar-refractivity contribution in [2.75, 3.05) is 18.5 Å². The highest BCUT2D eigenvalue weighted by molar-refractivity contribution is 6.74. The second kappa shape index (κ2) is 12.1. The molecule has 1 amide bonds. The summed E-state index contributed by atoms with van der Waals surface area (Å²) in [5, 5.41) is 2.82. The van der Waals surface area contributed by atoms with E-state index in [0.29, 0.717) is 36.0 Å². The molecule has 0 aliphatic heterocycles. The number of hydrogen-bond acceptors (Lipinski definition) is 6. The average Bonchev–Trinajstić information content (AvgIpc) is 2.66. The molecule has 0 saturated heterocycles. The van der Waals surface area contributed by atoms with Gasteiger partial charge in [-0.05, 0) is 44.1 Å². The Hall–Kier alpha value is -2.32. The number of rotatable bonds is 11. The molecule has 0 radical (unpaired) electrons. The van der Waals surface area contributed by atoms with E-state index in [9.17, 15) is 9.59 Å². The topological polar surface area (TPSA) is 83.1 Å². The van der Waals surface area contributed by atoms with Crippen LogP contribution in [0, 0.1) is 0 Å². The molecule has 0 aliphatic rings. The molecule has 1 rings (SSSR count). The maximum Gasteiger partial charge on any atom is 0.310 e. The quantitative estimate of drug-likeness (QED) is 0.203. The summed E-state index contributed by atoms with van der Waals surface area (Å²) in [6.45, 7) is 18.5. The number of carbonyl (C=O) groups excluding carboxylic acids is 2. The molecule has 1 atom stereocenters. The fraction of sp³-hybridized carbons (Fsp3) is 0.583. The Morgan fingerprint density at radius 3 is 2.41 bits per heavy atom.